The fourth-order valence-corrected chi connectivity index (χ4v) is 0.517. The van der Waals surface area contributed by atoms with Gasteiger partial charge in [-0.2, -0.15) is 0 Å². The summed E-state index contributed by atoms with van der Waals surface area (Å²) in [6, 6.07) is 0. The van der Waals surface area contributed by atoms with Gasteiger partial charge in [-0.15, -0.1) is 0 Å². The van der Waals surface area contributed by atoms with Crippen molar-refractivity contribution in [2.24, 2.45) is 0 Å². The van der Waals surface area contributed by atoms with Crippen molar-refractivity contribution in [3.63, 3.8) is 0 Å². The smallest absolute Gasteiger partial charge is 0.241 e. The molecule has 1 aromatic heterocycles. The monoisotopic (exact) mass is 134 g/mol. The average Bonchev–Trinajstić information content (AvgIpc) is 2.39. The van der Waals surface area contributed by atoms with E-state index in [-0.39, 0.29) is 0 Å². The molecule has 0 bridgehead atoms. The SMILES string of the molecule is CC[n+]1cc[nH]c1.[B-]C#N. The molecule has 1 aromatic rings. The Morgan fingerprint density at radius 2 is 2.40 bits per heavy atom. The molecule has 4 heteroatoms. The third-order valence-electron chi connectivity index (χ3n) is 0.968. The largest absolute Gasteiger partial charge is 0.466 e. The second-order valence-corrected chi connectivity index (χ2v) is 1.57. The molecule has 1 rings (SSSR count). The highest BCUT2D eigenvalue weighted by Gasteiger charge is 1.85. The van der Waals surface area contributed by atoms with Gasteiger partial charge in [0, 0.05) is 0 Å². The van der Waals surface area contributed by atoms with Crippen LogP contribution in [0.25, 0.3) is 0 Å². The molecule has 1 N–H and O–H groups in total. The van der Waals surface area contributed by atoms with Crippen molar-refractivity contribution in [2.75, 3.05) is 0 Å². The molecule has 1 heterocycles. The molecule has 0 spiro atoms. The van der Waals surface area contributed by atoms with Crippen LogP contribution in [0.5, 0.6) is 0 Å². The maximum Gasteiger partial charge on any atom is 0.241 e. The summed E-state index contributed by atoms with van der Waals surface area (Å²) >= 11 is 0. The first-order valence-corrected chi connectivity index (χ1v) is 2.96. The molecule has 0 aliphatic rings. The third kappa shape index (κ3) is 3.73. The molecule has 0 aliphatic heterocycles. The van der Waals surface area contributed by atoms with Crippen LogP contribution in [0.3, 0.4) is 0 Å². The van der Waals surface area contributed by atoms with Crippen molar-refractivity contribution in [2.45, 2.75) is 13.5 Å². The van der Waals surface area contributed by atoms with E-state index in [9.17, 15) is 0 Å². The van der Waals surface area contributed by atoms with Crippen molar-refractivity contribution in [1.82, 2.24) is 4.98 Å². The number of aromatic amines is 1. The Morgan fingerprint density at radius 3 is 2.60 bits per heavy atom. The summed E-state index contributed by atoms with van der Waals surface area (Å²) in [5.41, 5.74) is 0. The van der Waals surface area contributed by atoms with Gasteiger partial charge in [0.15, 0.2) is 0 Å². The summed E-state index contributed by atoms with van der Waals surface area (Å²) in [5, 5.41) is 7.10. The Bertz CT molecular complexity index is 187. The molecule has 51 valence electrons. The van der Waals surface area contributed by atoms with Gasteiger partial charge in [0.2, 0.25) is 6.33 Å². The van der Waals surface area contributed by atoms with Gasteiger partial charge < -0.3 is 7.85 Å². The molecule has 0 saturated heterocycles. The summed E-state index contributed by atoms with van der Waals surface area (Å²) < 4.78 is 2.07. The lowest BCUT2D eigenvalue weighted by Gasteiger charge is -1.79. The van der Waals surface area contributed by atoms with Gasteiger partial charge in [-0.25, -0.2) is 4.57 Å². The van der Waals surface area contributed by atoms with E-state index < -0.39 is 0 Å². The quantitative estimate of drug-likeness (QED) is 0.425. The lowest BCUT2D eigenvalue weighted by molar-refractivity contribution is -0.692. The molecule has 0 aromatic carbocycles. The Morgan fingerprint density at radius 1 is 1.80 bits per heavy atom. The molecule has 0 unspecified atom stereocenters. The van der Waals surface area contributed by atoms with Crippen molar-refractivity contribution in [1.29, 1.82) is 5.26 Å². The Kier molecular flexibility index (Phi) is 5.17. The lowest BCUT2D eigenvalue weighted by Crippen LogP contribution is -2.27. The summed E-state index contributed by atoms with van der Waals surface area (Å²) in [7, 11) is 4.15. The van der Waals surface area contributed by atoms with Crippen molar-refractivity contribution < 1.29 is 4.57 Å². The summed E-state index contributed by atoms with van der Waals surface area (Å²) in [6.07, 6.45) is 5.84. The van der Waals surface area contributed by atoms with Gasteiger partial charge in [-0.05, 0) is 6.92 Å². The summed E-state index contributed by atoms with van der Waals surface area (Å²) in [6.45, 7) is 3.15. The maximum absolute atomic E-state index is 7.10. The molecule has 3 nitrogen and oxygen atoms in total. The van der Waals surface area contributed by atoms with Crippen LogP contribution in [0.15, 0.2) is 18.7 Å². The zero-order valence-electron chi connectivity index (χ0n) is 5.91. The molecular weight excluding hydrogens is 125 g/mol. The normalized spacial score (nSPS) is 7.30. The van der Waals surface area contributed by atoms with Gasteiger partial charge in [0.05, 0.1) is 6.54 Å². The van der Waals surface area contributed by atoms with Crippen molar-refractivity contribution in [3.05, 3.63) is 18.7 Å². The highest BCUT2D eigenvalue weighted by atomic mass is 15.0. The van der Waals surface area contributed by atoms with Crippen LogP contribution in [0.1, 0.15) is 6.92 Å². The first-order valence-electron chi connectivity index (χ1n) is 2.96. The van der Waals surface area contributed by atoms with Gasteiger partial charge in [0.1, 0.15) is 12.4 Å². The Hall–Kier alpha value is -1.24. The summed E-state index contributed by atoms with van der Waals surface area (Å²) in [5.74, 6) is 1.25. The van der Waals surface area contributed by atoms with Crippen LogP contribution in [-0.4, -0.2) is 12.8 Å². The molecule has 3 radical (unpaired) electrons. The number of hydrogen-bond donors (Lipinski definition) is 1. The van der Waals surface area contributed by atoms with Crippen molar-refractivity contribution >= 4 is 7.85 Å². The highest BCUT2D eigenvalue weighted by Crippen LogP contribution is 1.65. The molecule has 0 aliphatic carbocycles. The predicted molar refractivity (Wildman–Crippen MR) is 38.0 cm³/mol. The van der Waals surface area contributed by atoms with Crippen LogP contribution < -0.4 is 4.57 Å². The van der Waals surface area contributed by atoms with E-state index in [1.807, 2.05) is 18.7 Å². The number of nitriles is 1. The number of imidazole rings is 1. The average molecular weight is 134 g/mol. The van der Waals surface area contributed by atoms with Crippen LogP contribution in [0, 0.1) is 11.2 Å². The summed E-state index contributed by atoms with van der Waals surface area (Å²) in [4.78, 5) is 2.94. The first kappa shape index (κ1) is 8.76. The van der Waals surface area contributed by atoms with Gasteiger partial charge >= 0.3 is 0 Å². The number of aromatic nitrogens is 2. The van der Waals surface area contributed by atoms with Crippen LogP contribution >= 0.6 is 0 Å². The number of nitrogens with zero attached hydrogens (tertiary/aromatic N) is 2. The second-order valence-electron chi connectivity index (χ2n) is 1.57. The fourth-order valence-electron chi connectivity index (χ4n) is 0.517. The molecule has 0 amide bonds. The Balaban J connectivity index is 0.000000236. The highest BCUT2D eigenvalue weighted by molar-refractivity contribution is 6.20. The number of H-pyrrole nitrogens is 1. The Labute approximate surface area is 61.7 Å². The maximum atomic E-state index is 7.10. The van der Waals surface area contributed by atoms with Gasteiger partial charge in [-0.1, -0.05) is 0 Å². The van der Waals surface area contributed by atoms with Crippen molar-refractivity contribution in [3.8, 4) is 5.97 Å². The minimum atomic E-state index is 1.05. The fraction of sp³-hybridized carbons (Fsp3) is 0.333. The molecule has 10 heavy (non-hydrogen) atoms. The topological polar surface area (TPSA) is 43.5 Å². The second kappa shape index (κ2) is 5.89. The molecular formula is C6H9BN3. The van der Waals surface area contributed by atoms with E-state index >= 15 is 0 Å². The standard InChI is InChI=1S/C5H8N2.CBN/c1-2-7-4-3-6-5-7;2-1-3/h3-5H,2H2,1H3;/q;-1/p+1. The van der Waals surface area contributed by atoms with Crippen LogP contribution in [0.2, 0.25) is 0 Å². The minimum absolute atomic E-state index is 1.05. The zero-order valence-corrected chi connectivity index (χ0v) is 5.91. The number of nitrogens with one attached hydrogen (secondary N) is 1. The van der Waals surface area contributed by atoms with Crippen LogP contribution in [-0.2, 0) is 6.54 Å². The molecule has 0 fully saturated rings. The van der Waals surface area contributed by atoms with E-state index in [2.05, 4.69) is 24.3 Å². The molecule has 0 saturated carbocycles. The first-order chi connectivity index (χ1) is 4.85. The number of hydrogen-bond acceptors (Lipinski definition) is 1. The van der Waals surface area contributed by atoms with E-state index in [1.165, 1.54) is 5.97 Å². The van der Waals surface area contributed by atoms with E-state index in [1.54, 1.807) is 0 Å². The van der Waals surface area contributed by atoms with Gasteiger partial charge in [0.25, 0.3) is 0 Å². The van der Waals surface area contributed by atoms with Crippen LogP contribution in [0.4, 0.5) is 0 Å². The molecule has 0 atom stereocenters. The van der Waals surface area contributed by atoms with E-state index in [4.69, 9.17) is 5.26 Å². The van der Waals surface area contributed by atoms with E-state index in [0.717, 1.165) is 6.54 Å². The lowest BCUT2D eigenvalue weighted by atomic mass is 10.2. The third-order valence-corrected chi connectivity index (χ3v) is 0.968. The van der Waals surface area contributed by atoms with E-state index in [0.29, 0.717) is 0 Å². The zero-order chi connectivity index (χ0) is 7.82. The predicted octanol–water partition coefficient (Wildman–Crippen LogP) is -0.0419. The number of aryl methyl sites for hydroxylation is 1. The van der Waals surface area contributed by atoms with Gasteiger partial charge in [-0.3, -0.25) is 16.2 Å². The minimum Gasteiger partial charge on any atom is -0.466 e. The number of rotatable bonds is 1.